The fraction of sp³-hybridized carbons (Fsp3) is 0.529. The minimum absolute atomic E-state index is 0.660. The molecule has 1 aliphatic rings. The van der Waals surface area contributed by atoms with Crippen LogP contribution < -0.4 is 0 Å². The van der Waals surface area contributed by atoms with Crippen LogP contribution >= 0.6 is 0 Å². The van der Waals surface area contributed by atoms with Crippen LogP contribution in [0.3, 0.4) is 0 Å². The van der Waals surface area contributed by atoms with Gasteiger partial charge in [0.25, 0.3) is 0 Å². The lowest BCUT2D eigenvalue weighted by atomic mass is 9.81. The second-order valence-electron chi connectivity index (χ2n) is 5.31. The Labute approximate surface area is 107 Å². The van der Waals surface area contributed by atoms with Crippen molar-refractivity contribution in [1.82, 2.24) is 0 Å². The van der Waals surface area contributed by atoms with Crippen LogP contribution in [0.25, 0.3) is 0 Å². The van der Waals surface area contributed by atoms with E-state index in [1.165, 1.54) is 19.3 Å². The second-order valence-corrected chi connectivity index (χ2v) is 5.31. The van der Waals surface area contributed by atoms with Gasteiger partial charge in [-0.25, -0.2) is 0 Å². The first-order chi connectivity index (χ1) is 8.19. The Morgan fingerprint density at radius 1 is 1.35 bits per heavy atom. The number of rotatable bonds is 5. The zero-order chi connectivity index (χ0) is 12.7. The van der Waals surface area contributed by atoms with Crippen molar-refractivity contribution >= 4 is 0 Å². The van der Waals surface area contributed by atoms with E-state index in [4.69, 9.17) is 0 Å². The molecule has 0 amide bonds. The van der Waals surface area contributed by atoms with E-state index in [1.54, 1.807) is 5.57 Å². The number of hydrogen-bond acceptors (Lipinski definition) is 0. The molecular weight excluding hydrogens is 204 g/mol. The Morgan fingerprint density at radius 3 is 2.71 bits per heavy atom. The van der Waals surface area contributed by atoms with Crippen LogP contribution in [-0.2, 0) is 0 Å². The maximum atomic E-state index is 3.86. The van der Waals surface area contributed by atoms with Crippen molar-refractivity contribution in [1.29, 1.82) is 0 Å². The van der Waals surface area contributed by atoms with Gasteiger partial charge in [-0.1, -0.05) is 56.4 Å². The SMILES string of the molecule is C=CC=C1C(C)CC=CCC1CC(C)CC=C. The molecule has 0 heterocycles. The standard InChI is InChI=1S/C17H26/c1-5-9-14(3)13-16-12-8-7-11-15(4)17(16)10-6-2/h5-8,10,14-16H,1-2,9,11-13H2,3-4H3. The highest BCUT2D eigenvalue weighted by molar-refractivity contribution is 5.20. The van der Waals surface area contributed by atoms with Crippen LogP contribution in [0.5, 0.6) is 0 Å². The highest BCUT2D eigenvalue weighted by atomic mass is 14.3. The minimum Gasteiger partial charge on any atom is -0.103 e. The monoisotopic (exact) mass is 230 g/mol. The Morgan fingerprint density at radius 2 is 2.06 bits per heavy atom. The van der Waals surface area contributed by atoms with Crippen molar-refractivity contribution in [2.75, 3.05) is 0 Å². The van der Waals surface area contributed by atoms with Crippen molar-refractivity contribution in [3.05, 3.63) is 49.1 Å². The normalized spacial score (nSPS) is 28.7. The molecule has 0 nitrogen and oxygen atoms in total. The summed E-state index contributed by atoms with van der Waals surface area (Å²) in [7, 11) is 0. The molecule has 0 aromatic carbocycles. The first kappa shape index (κ1) is 14.0. The quantitative estimate of drug-likeness (QED) is 0.562. The molecule has 0 fully saturated rings. The molecule has 0 aromatic heterocycles. The largest absolute Gasteiger partial charge is 0.103 e. The van der Waals surface area contributed by atoms with E-state index in [2.05, 4.69) is 45.2 Å². The fourth-order valence-corrected chi connectivity index (χ4v) is 2.77. The molecule has 0 saturated heterocycles. The van der Waals surface area contributed by atoms with Crippen LogP contribution in [0.1, 0.15) is 39.5 Å². The average molecular weight is 230 g/mol. The van der Waals surface area contributed by atoms with E-state index in [9.17, 15) is 0 Å². The van der Waals surface area contributed by atoms with Gasteiger partial charge in [0.05, 0.1) is 0 Å². The van der Waals surface area contributed by atoms with Crippen LogP contribution in [0.2, 0.25) is 0 Å². The lowest BCUT2D eigenvalue weighted by molar-refractivity contribution is 0.414. The summed E-state index contributed by atoms with van der Waals surface area (Å²) < 4.78 is 0. The van der Waals surface area contributed by atoms with Gasteiger partial charge in [0.15, 0.2) is 0 Å². The van der Waals surface area contributed by atoms with Gasteiger partial charge in [0.1, 0.15) is 0 Å². The molecule has 94 valence electrons. The van der Waals surface area contributed by atoms with Crippen molar-refractivity contribution in [3.8, 4) is 0 Å². The Hall–Kier alpha value is -1.04. The molecule has 0 heteroatoms. The molecule has 0 bridgehead atoms. The highest BCUT2D eigenvalue weighted by Crippen LogP contribution is 2.34. The summed E-state index contributed by atoms with van der Waals surface area (Å²) >= 11 is 0. The van der Waals surface area contributed by atoms with Gasteiger partial charge in [-0.05, 0) is 43.4 Å². The molecule has 0 N–H and O–H groups in total. The average Bonchev–Trinajstić information content (AvgIpc) is 2.45. The molecule has 0 aliphatic heterocycles. The molecule has 3 atom stereocenters. The van der Waals surface area contributed by atoms with E-state index in [0.717, 1.165) is 12.3 Å². The first-order valence-corrected chi connectivity index (χ1v) is 6.77. The Balaban J connectivity index is 2.76. The van der Waals surface area contributed by atoms with Gasteiger partial charge in [0.2, 0.25) is 0 Å². The van der Waals surface area contributed by atoms with Gasteiger partial charge in [-0.3, -0.25) is 0 Å². The molecule has 0 aromatic rings. The molecule has 1 rings (SSSR count). The highest BCUT2D eigenvalue weighted by Gasteiger charge is 2.21. The van der Waals surface area contributed by atoms with Gasteiger partial charge >= 0.3 is 0 Å². The van der Waals surface area contributed by atoms with Gasteiger partial charge in [-0.15, -0.1) is 6.58 Å². The molecule has 17 heavy (non-hydrogen) atoms. The Bertz CT molecular complexity index is 306. The molecule has 3 unspecified atom stereocenters. The molecule has 1 aliphatic carbocycles. The number of allylic oxidation sites excluding steroid dienone is 6. The summed E-state index contributed by atoms with van der Waals surface area (Å²) in [6.45, 7) is 12.3. The van der Waals surface area contributed by atoms with Gasteiger partial charge in [-0.2, -0.15) is 0 Å². The lowest BCUT2D eigenvalue weighted by Crippen LogP contribution is -2.12. The number of hydrogen-bond donors (Lipinski definition) is 0. The van der Waals surface area contributed by atoms with Crippen LogP contribution in [0.4, 0.5) is 0 Å². The summed E-state index contributed by atoms with van der Waals surface area (Å²) in [4.78, 5) is 0. The lowest BCUT2D eigenvalue weighted by Gasteiger charge is -2.24. The smallest absolute Gasteiger partial charge is 0.0160 e. The van der Waals surface area contributed by atoms with E-state index < -0.39 is 0 Å². The van der Waals surface area contributed by atoms with E-state index >= 15 is 0 Å². The fourth-order valence-electron chi connectivity index (χ4n) is 2.77. The third-order valence-electron chi connectivity index (χ3n) is 3.68. The molecule has 0 spiro atoms. The summed E-state index contributed by atoms with van der Waals surface area (Å²) in [6, 6.07) is 0. The first-order valence-electron chi connectivity index (χ1n) is 6.77. The van der Waals surface area contributed by atoms with Crippen molar-refractivity contribution in [2.45, 2.75) is 39.5 Å². The van der Waals surface area contributed by atoms with Crippen LogP contribution in [0, 0.1) is 17.8 Å². The zero-order valence-corrected chi connectivity index (χ0v) is 11.4. The van der Waals surface area contributed by atoms with Crippen LogP contribution in [-0.4, -0.2) is 0 Å². The summed E-state index contributed by atoms with van der Waals surface area (Å²) in [5.41, 5.74) is 1.58. The maximum Gasteiger partial charge on any atom is -0.0160 e. The zero-order valence-electron chi connectivity index (χ0n) is 11.4. The maximum absolute atomic E-state index is 3.86. The Kier molecular flexibility index (Phi) is 6.04. The van der Waals surface area contributed by atoms with Gasteiger partial charge < -0.3 is 0 Å². The predicted octanol–water partition coefficient (Wildman–Crippen LogP) is 5.30. The predicted molar refractivity (Wildman–Crippen MR) is 77.9 cm³/mol. The summed E-state index contributed by atoms with van der Waals surface area (Å²) in [5, 5.41) is 0. The summed E-state index contributed by atoms with van der Waals surface area (Å²) in [5.74, 6) is 2.08. The van der Waals surface area contributed by atoms with Crippen molar-refractivity contribution in [3.63, 3.8) is 0 Å². The minimum atomic E-state index is 0.660. The van der Waals surface area contributed by atoms with Crippen LogP contribution in [0.15, 0.2) is 49.1 Å². The van der Waals surface area contributed by atoms with E-state index in [0.29, 0.717) is 11.8 Å². The second kappa shape index (κ2) is 7.32. The third kappa shape index (κ3) is 4.38. The molecule has 0 saturated carbocycles. The van der Waals surface area contributed by atoms with E-state index in [1.807, 2.05) is 12.2 Å². The molecule has 0 radical (unpaired) electrons. The van der Waals surface area contributed by atoms with Gasteiger partial charge in [0, 0.05) is 0 Å². The van der Waals surface area contributed by atoms with Crippen molar-refractivity contribution < 1.29 is 0 Å². The summed E-state index contributed by atoms with van der Waals surface area (Å²) in [6.07, 6.45) is 15.7. The van der Waals surface area contributed by atoms with Crippen molar-refractivity contribution in [2.24, 2.45) is 17.8 Å². The third-order valence-corrected chi connectivity index (χ3v) is 3.68. The topological polar surface area (TPSA) is 0 Å². The van der Waals surface area contributed by atoms with E-state index in [-0.39, 0.29) is 0 Å². The molecular formula is C17H26.